The molecular weight excluding hydrogens is 371 g/mol. The minimum Gasteiger partial charge on any atom is -0.350 e. The lowest BCUT2D eigenvalue weighted by Crippen LogP contribution is -2.06. The fraction of sp³-hybridized carbons (Fsp3) is 0.111. The first kappa shape index (κ1) is 16.4. The number of aryl methyl sites for hydroxylation is 1. The van der Waals surface area contributed by atoms with E-state index in [9.17, 15) is 4.39 Å². The molecule has 2 N–H and O–H groups in total. The number of aromatic nitrogens is 2. The van der Waals surface area contributed by atoms with E-state index in [1.54, 1.807) is 30.5 Å². The zero-order chi connectivity index (χ0) is 16.9. The monoisotopic (exact) mass is 386 g/mol. The molecule has 0 bridgehead atoms. The summed E-state index contributed by atoms with van der Waals surface area (Å²) in [6.45, 7) is 2.36. The van der Waals surface area contributed by atoms with E-state index in [4.69, 9.17) is 0 Å². The topological polar surface area (TPSA) is 49.8 Å². The second kappa shape index (κ2) is 7.40. The average Bonchev–Trinajstić information content (AvgIpc) is 2.58. The van der Waals surface area contributed by atoms with Crippen LogP contribution in [0.25, 0.3) is 0 Å². The fourth-order valence-corrected chi connectivity index (χ4v) is 2.53. The standard InChI is InChI=1S/C18H16BrFN4/c1-12-6-7-14(10-15(12)19)23-17-8-9-21-18(24-17)22-11-13-4-2-3-5-16(13)20/h2-10H,11H2,1H3,(H2,21,22,23,24). The minimum absolute atomic E-state index is 0.246. The van der Waals surface area contributed by atoms with Gasteiger partial charge in [0.1, 0.15) is 11.6 Å². The normalized spacial score (nSPS) is 10.5. The largest absolute Gasteiger partial charge is 0.350 e. The van der Waals surface area contributed by atoms with E-state index in [2.05, 4.69) is 36.5 Å². The second-order valence-electron chi connectivity index (χ2n) is 5.30. The number of nitrogens with one attached hydrogen (secondary N) is 2. The lowest BCUT2D eigenvalue weighted by Gasteiger charge is -2.10. The quantitative estimate of drug-likeness (QED) is 0.644. The lowest BCUT2D eigenvalue weighted by molar-refractivity contribution is 0.612. The molecule has 0 aliphatic rings. The first-order valence-corrected chi connectivity index (χ1v) is 8.24. The molecule has 6 heteroatoms. The summed E-state index contributed by atoms with van der Waals surface area (Å²) in [5, 5.41) is 6.26. The molecule has 2 aromatic carbocycles. The van der Waals surface area contributed by atoms with Crippen molar-refractivity contribution in [3.05, 3.63) is 76.1 Å². The highest BCUT2D eigenvalue weighted by molar-refractivity contribution is 9.10. The molecule has 0 aliphatic heterocycles. The Morgan fingerprint density at radius 2 is 1.96 bits per heavy atom. The number of hydrogen-bond acceptors (Lipinski definition) is 4. The van der Waals surface area contributed by atoms with Crippen molar-refractivity contribution in [3.63, 3.8) is 0 Å². The summed E-state index contributed by atoms with van der Waals surface area (Å²) < 4.78 is 14.7. The molecule has 0 amide bonds. The highest BCUT2D eigenvalue weighted by Crippen LogP contribution is 2.23. The summed E-state index contributed by atoms with van der Waals surface area (Å²) in [5.41, 5.74) is 2.66. The van der Waals surface area contributed by atoms with Crippen molar-refractivity contribution in [3.8, 4) is 0 Å². The van der Waals surface area contributed by atoms with Crippen LogP contribution < -0.4 is 10.6 Å². The Hall–Kier alpha value is -2.47. The molecule has 3 aromatic rings. The van der Waals surface area contributed by atoms with Crippen molar-refractivity contribution in [1.29, 1.82) is 0 Å². The lowest BCUT2D eigenvalue weighted by atomic mass is 10.2. The maximum absolute atomic E-state index is 13.6. The molecule has 0 atom stereocenters. The number of benzene rings is 2. The molecular formula is C18H16BrFN4. The van der Waals surface area contributed by atoms with Crippen LogP contribution in [0.15, 0.2) is 59.2 Å². The van der Waals surface area contributed by atoms with Crippen LogP contribution in [0.2, 0.25) is 0 Å². The van der Waals surface area contributed by atoms with E-state index in [0.717, 1.165) is 15.7 Å². The molecule has 0 radical (unpaired) electrons. The van der Waals surface area contributed by atoms with Gasteiger partial charge in [-0.3, -0.25) is 0 Å². The Labute approximate surface area is 148 Å². The number of hydrogen-bond donors (Lipinski definition) is 2. The molecule has 0 saturated carbocycles. The Bertz CT molecular complexity index is 854. The highest BCUT2D eigenvalue weighted by Gasteiger charge is 2.04. The first-order valence-electron chi connectivity index (χ1n) is 7.45. The zero-order valence-electron chi connectivity index (χ0n) is 13.1. The van der Waals surface area contributed by atoms with Crippen LogP contribution >= 0.6 is 15.9 Å². The third-order valence-corrected chi connectivity index (χ3v) is 4.35. The predicted molar refractivity (Wildman–Crippen MR) is 97.9 cm³/mol. The molecule has 0 spiro atoms. The van der Waals surface area contributed by atoms with Crippen LogP contribution in [0, 0.1) is 12.7 Å². The minimum atomic E-state index is -0.246. The maximum atomic E-state index is 13.6. The smallest absolute Gasteiger partial charge is 0.224 e. The molecule has 0 aliphatic carbocycles. The van der Waals surface area contributed by atoms with Gasteiger partial charge in [0, 0.05) is 28.5 Å². The van der Waals surface area contributed by atoms with E-state index in [1.807, 2.05) is 25.1 Å². The molecule has 1 aromatic heterocycles. The van der Waals surface area contributed by atoms with Gasteiger partial charge >= 0.3 is 0 Å². The SMILES string of the molecule is Cc1ccc(Nc2ccnc(NCc3ccccc3F)n2)cc1Br. The Kier molecular flexibility index (Phi) is 5.05. The fourth-order valence-electron chi connectivity index (χ4n) is 2.15. The first-order chi connectivity index (χ1) is 11.6. The Morgan fingerprint density at radius 1 is 1.12 bits per heavy atom. The van der Waals surface area contributed by atoms with Gasteiger partial charge in [-0.05, 0) is 36.8 Å². The van der Waals surface area contributed by atoms with E-state index < -0.39 is 0 Å². The van der Waals surface area contributed by atoms with Gasteiger partial charge in [-0.2, -0.15) is 4.98 Å². The van der Waals surface area contributed by atoms with Crippen molar-refractivity contribution in [2.45, 2.75) is 13.5 Å². The highest BCUT2D eigenvalue weighted by atomic mass is 79.9. The number of rotatable bonds is 5. The van der Waals surface area contributed by atoms with Gasteiger partial charge < -0.3 is 10.6 Å². The van der Waals surface area contributed by atoms with Crippen LogP contribution in [-0.4, -0.2) is 9.97 Å². The van der Waals surface area contributed by atoms with E-state index in [1.165, 1.54) is 6.07 Å². The van der Waals surface area contributed by atoms with Crippen molar-refractivity contribution >= 4 is 33.4 Å². The second-order valence-corrected chi connectivity index (χ2v) is 6.15. The Morgan fingerprint density at radius 3 is 2.75 bits per heavy atom. The van der Waals surface area contributed by atoms with Gasteiger partial charge in [-0.15, -0.1) is 0 Å². The van der Waals surface area contributed by atoms with Gasteiger partial charge in [0.15, 0.2) is 0 Å². The number of anilines is 3. The van der Waals surface area contributed by atoms with Crippen molar-refractivity contribution in [1.82, 2.24) is 9.97 Å². The summed E-state index contributed by atoms with van der Waals surface area (Å²) in [6, 6.07) is 14.4. The zero-order valence-corrected chi connectivity index (χ0v) is 14.6. The van der Waals surface area contributed by atoms with Gasteiger partial charge in [0.25, 0.3) is 0 Å². The van der Waals surface area contributed by atoms with E-state index in [0.29, 0.717) is 23.9 Å². The van der Waals surface area contributed by atoms with Crippen molar-refractivity contribution in [2.24, 2.45) is 0 Å². The summed E-state index contributed by atoms with van der Waals surface area (Å²) in [5.74, 6) is 0.856. The predicted octanol–water partition coefficient (Wildman–Crippen LogP) is 5.04. The number of nitrogens with zero attached hydrogens (tertiary/aromatic N) is 2. The summed E-state index contributed by atoms with van der Waals surface area (Å²) in [7, 11) is 0. The van der Waals surface area contributed by atoms with E-state index in [-0.39, 0.29) is 5.82 Å². The maximum Gasteiger partial charge on any atom is 0.224 e. The molecule has 0 unspecified atom stereocenters. The van der Waals surface area contributed by atoms with Gasteiger partial charge in [-0.1, -0.05) is 40.2 Å². The average molecular weight is 387 g/mol. The molecule has 122 valence electrons. The third kappa shape index (κ3) is 4.08. The van der Waals surface area contributed by atoms with Crippen LogP contribution in [0.5, 0.6) is 0 Å². The van der Waals surface area contributed by atoms with Crippen molar-refractivity contribution < 1.29 is 4.39 Å². The summed E-state index contributed by atoms with van der Waals surface area (Å²) in [4.78, 5) is 8.56. The molecule has 4 nitrogen and oxygen atoms in total. The van der Waals surface area contributed by atoms with Crippen LogP contribution in [0.3, 0.4) is 0 Å². The molecule has 3 rings (SSSR count). The van der Waals surface area contributed by atoms with Crippen LogP contribution in [0.4, 0.5) is 21.8 Å². The van der Waals surface area contributed by atoms with E-state index >= 15 is 0 Å². The van der Waals surface area contributed by atoms with Crippen LogP contribution in [-0.2, 0) is 6.54 Å². The summed E-state index contributed by atoms with van der Waals surface area (Å²) in [6.07, 6.45) is 1.66. The van der Waals surface area contributed by atoms with Crippen molar-refractivity contribution in [2.75, 3.05) is 10.6 Å². The molecule has 0 saturated heterocycles. The van der Waals surface area contributed by atoms with Gasteiger partial charge in [0.2, 0.25) is 5.95 Å². The third-order valence-electron chi connectivity index (χ3n) is 3.49. The molecule has 1 heterocycles. The van der Waals surface area contributed by atoms with Gasteiger partial charge in [0.05, 0.1) is 0 Å². The van der Waals surface area contributed by atoms with Crippen LogP contribution in [0.1, 0.15) is 11.1 Å². The van der Waals surface area contributed by atoms with Gasteiger partial charge in [-0.25, -0.2) is 9.37 Å². The molecule has 24 heavy (non-hydrogen) atoms. The summed E-state index contributed by atoms with van der Waals surface area (Å²) >= 11 is 3.51. The number of halogens is 2. The molecule has 0 fully saturated rings. The Balaban J connectivity index is 1.69.